The number of anilines is 1. The van der Waals surface area contributed by atoms with Crippen molar-refractivity contribution in [1.82, 2.24) is 14.9 Å². The van der Waals surface area contributed by atoms with E-state index in [0.717, 1.165) is 21.2 Å². The van der Waals surface area contributed by atoms with Gasteiger partial charge >= 0.3 is 0 Å². The number of benzene rings is 2. The van der Waals surface area contributed by atoms with Crippen LogP contribution in [0.5, 0.6) is 0 Å². The molecule has 1 aliphatic carbocycles. The molecule has 41 heavy (non-hydrogen) atoms. The number of thiocarbonyl (C=S) groups is 1. The fourth-order valence-corrected chi connectivity index (χ4v) is 7.56. The second-order valence-corrected chi connectivity index (χ2v) is 12.4. The highest BCUT2D eigenvalue weighted by Gasteiger charge is 2.42. The lowest BCUT2D eigenvalue weighted by molar-refractivity contribution is -0.384. The first-order valence-corrected chi connectivity index (χ1v) is 15.3. The summed E-state index contributed by atoms with van der Waals surface area (Å²) < 4.78 is 2.56. The number of hydrogen-bond donors (Lipinski definition) is 1. The Bertz CT molecular complexity index is 1550. The highest BCUT2D eigenvalue weighted by molar-refractivity contribution is 7.99. The second kappa shape index (κ2) is 11.7. The van der Waals surface area contributed by atoms with E-state index in [2.05, 4.69) is 65.0 Å². The first kappa shape index (κ1) is 27.5. The SMILES string of the molecule is Cc1cc([C@@H]2[C@H](c3ccccn3)NC(=S)N2c2ccc(Sc3ccc([N+](=O)[O-])cc3)cc2)c(C)n1C1CCCCC1. The molecule has 1 saturated carbocycles. The van der Waals surface area contributed by atoms with Gasteiger partial charge < -0.3 is 14.8 Å². The van der Waals surface area contributed by atoms with Crippen molar-refractivity contribution < 1.29 is 4.92 Å². The van der Waals surface area contributed by atoms with Gasteiger partial charge in [0.1, 0.15) is 0 Å². The molecule has 0 radical (unpaired) electrons. The molecule has 0 amide bonds. The molecule has 2 fully saturated rings. The second-order valence-electron chi connectivity index (χ2n) is 10.8. The van der Waals surface area contributed by atoms with Gasteiger partial charge in [-0.05, 0) is 99.1 Å². The summed E-state index contributed by atoms with van der Waals surface area (Å²) in [5, 5.41) is 15.3. The van der Waals surface area contributed by atoms with Crippen LogP contribution in [0.4, 0.5) is 11.4 Å². The highest BCUT2D eigenvalue weighted by atomic mass is 32.2. The van der Waals surface area contributed by atoms with Crippen molar-refractivity contribution in [3.8, 4) is 0 Å². The standard InChI is InChI=1S/C32H33N5O2S2/c1-21-20-28(22(2)35(21)23-8-4-3-5-9-23)31-30(29-10-6-7-19-33-29)34-32(40)36(31)24-11-15-26(16-12-24)41-27-17-13-25(14-18-27)37(38)39/h6-7,10-20,23,30-31H,3-5,8-9H2,1-2H3,(H,34,40)/t30-,31+/m0/s1. The van der Waals surface area contributed by atoms with E-state index in [4.69, 9.17) is 17.2 Å². The van der Waals surface area contributed by atoms with Gasteiger partial charge in [-0.3, -0.25) is 15.1 Å². The van der Waals surface area contributed by atoms with Crippen LogP contribution in [0, 0.1) is 24.0 Å². The van der Waals surface area contributed by atoms with Gasteiger partial charge in [-0.15, -0.1) is 0 Å². The number of nitrogens with one attached hydrogen (secondary N) is 1. The summed E-state index contributed by atoms with van der Waals surface area (Å²) in [5.41, 5.74) is 5.96. The van der Waals surface area contributed by atoms with Crippen molar-refractivity contribution in [3.63, 3.8) is 0 Å². The van der Waals surface area contributed by atoms with E-state index in [-0.39, 0.29) is 22.7 Å². The van der Waals surface area contributed by atoms with Crippen LogP contribution in [0.2, 0.25) is 0 Å². The maximum absolute atomic E-state index is 11.0. The highest BCUT2D eigenvalue weighted by Crippen LogP contribution is 2.45. The molecule has 3 heterocycles. The topological polar surface area (TPSA) is 76.2 Å². The minimum absolute atomic E-state index is 0.0471. The number of aromatic nitrogens is 2. The Morgan fingerprint density at radius 1 is 0.976 bits per heavy atom. The van der Waals surface area contributed by atoms with Crippen LogP contribution in [0.15, 0.2) is 88.8 Å². The van der Waals surface area contributed by atoms with E-state index in [1.807, 2.05) is 18.3 Å². The van der Waals surface area contributed by atoms with Crippen LogP contribution in [-0.4, -0.2) is 19.6 Å². The predicted octanol–water partition coefficient (Wildman–Crippen LogP) is 8.24. The van der Waals surface area contributed by atoms with E-state index < -0.39 is 0 Å². The molecule has 0 spiro atoms. The summed E-state index contributed by atoms with van der Waals surface area (Å²) in [6.07, 6.45) is 8.22. The Hall–Kier alpha value is -3.69. The molecule has 0 bridgehead atoms. The molecule has 0 unspecified atom stereocenters. The zero-order valence-corrected chi connectivity index (χ0v) is 24.8. The van der Waals surface area contributed by atoms with Gasteiger partial charge in [-0.2, -0.15) is 0 Å². The van der Waals surface area contributed by atoms with Gasteiger partial charge in [0, 0.05) is 51.2 Å². The van der Waals surface area contributed by atoms with E-state index in [1.54, 1.807) is 23.9 Å². The molecule has 7 nitrogen and oxygen atoms in total. The lowest BCUT2D eigenvalue weighted by Gasteiger charge is -2.30. The van der Waals surface area contributed by atoms with Crippen molar-refractivity contribution in [1.29, 1.82) is 0 Å². The van der Waals surface area contributed by atoms with Gasteiger partial charge in [-0.1, -0.05) is 37.1 Å². The zero-order valence-electron chi connectivity index (χ0n) is 23.2. The first-order valence-electron chi connectivity index (χ1n) is 14.1. The Morgan fingerprint density at radius 2 is 1.66 bits per heavy atom. The van der Waals surface area contributed by atoms with Gasteiger partial charge in [0.2, 0.25) is 0 Å². The zero-order chi connectivity index (χ0) is 28.5. The average Bonchev–Trinajstić information content (AvgIpc) is 3.49. The molecular weight excluding hydrogens is 551 g/mol. The third-order valence-electron chi connectivity index (χ3n) is 8.28. The van der Waals surface area contributed by atoms with Gasteiger partial charge in [-0.25, -0.2) is 0 Å². The quantitative estimate of drug-likeness (QED) is 0.133. The average molecular weight is 584 g/mol. The van der Waals surface area contributed by atoms with Crippen molar-refractivity contribution in [3.05, 3.63) is 112 Å². The third-order valence-corrected chi connectivity index (χ3v) is 9.61. The number of rotatable bonds is 7. The predicted molar refractivity (Wildman–Crippen MR) is 168 cm³/mol. The largest absolute Gasteiger partial charge is 0.351 e. The van der Waals surface area contributed by atoms with Crippen molar-refractivity contribution in [2.45, 2.75) is 73.9 Å². The van der Waals surface area contributed by atoms with Gasteiger partial charge in [0.25, 0.3) is 5.69 Å². The normalized spacial score (nSPS) is 19.4. The fraction of sp³-hybridized carbons (Fsp3) is 0.312. The third kappa shape index (κ3) is 5.48. The number of aryl methyl sites for hydroxylation is 1. The molecule has 4 aromatic rings. The number of nitro benzene ring substituents is 1. The Kier molecular flexibility index (Phi) is 7.81. The van der Waals surface area contributed by atoms with Crippen molar-refractivity contribution in [2.75, 3.05) is 4.90 Å². The number of pyridine rings is 1. The summed E-state index contributed by atoms with van der Waals surface area (Å²) in [6, 6.07) is 23.8. The van der Waals surface area contributed by atoms with Crippen LogP contribution < -0.4 is 10.2 Å². The molecule has 1 N–H and O–H groups in total. The summed E-state index contributed by atoms with van der Waals surface area (Å²) in [7, 11) is 0. The van der Waals surface area contributed by atoms with Crippen molar-refractivity contribution >= 4 is 40.5 Å². The molecular formula is C32H33N5O2S2. The number of nitro groups is 1. The van der Waals surface area contributed by atoms with Gasteiger partial charge in [0.05, 0.1) is 22.7 Å². The lowest BCUT2D eigenvalue weighted by Crippen LogP contribution is -2.29. The van der Waals surface area contributed by atoms with Crippen molar-refractivity contribution in [2.24, 2.45) is 0 Å². The molecule has 2 aliphatic rings. The van der Waals surface area contributed by atoms with E-state index >= 15 is 0 Å². The molecule has 2 atom stereocenters. The van der Waals surface area contributed by atoms with E-state index in [9.17, 15) is 10.1 Å². The van der Waals surface area contributed by atoms with Gasteiger partial charge in [0.15, 0.2) is 5.11 Å². The molecule has 1 aliphatic heterocycles. The maximum Gasteiger partial charge on any atom is 0.269 e. The minimum Gasteiger partial charge on any atom is -0.351 e. The maximum atomic E-state index is 11.0. The monoisotopic (exact) mass is 583 g/mol. The Balaban J connectivity index is 1.34. The Morgan fingerprint density at radius 3 is 2.29 bits per heavy atom. The Labute approximate surface area is 250 Å². The van der Waals surface area contributed by atoms with Crippen LogP contribution in [0.1, 0.15) is 72.9 Å². The number of non-ortho nitro benzene ring substituents is 1. The summed E-state index contributed by atoms with van der Waals surface area (Å²) >= 11 is 7.55. The molecule has 1 saturated heterocycles. The first-order chi connectivity index (χ1) is 19.9. The smallest absolute Gasteiger partial charge is 0.269 e. The van der Waals surface area contributed by atoms with E-state index in [1.165, 1.54) is 61.2 Å². The van der Waals surface area contributed by atoms with Crippen LogP contribution in [-0.2, 0) is 0 Å². The van der Waals surface area contributed by atoms with Crippen LogP contribution in [0.25, 0.3) is 0 Å². The van der Waals surface area contributed by atoms with Crippen LogP contribution in [0.3, 0.4) is 0 Å². The summed E-state index contributed by atoms with van der Waals surface area (Å²) in [4.78, 5) is 19.6. The van der Waals surface area contributed by atoms with E-state index in [0.29, 0.717) is 11.2 Å². The minimum atomic E-state index is -0.378. The van der Waals surface area contributed by atoms with Crippen LogP contribution >= 0.6 is 24.0 Å². The fourth-order valence-electron chi connectivity index (χ4n) is 6.40. The number of nitrogens with zero attached hydrogens (tertiary/aromatic N) is 4. The molecule has 6 rings (SSSR count). The molecule has 210 valence electrons. The summed E-state index contributed by atoms with van der Waals surface area (Å²) in [6.45, 7) is 4.49. The lowest BCUT2D eigenvalue weighted by atomic mass is 9.94. The molecule has 2 aromatic carbocycles. The molecule has 9 heteroatoms. The summed E-state index contributed by atoms with van der Waals surface area (Å²) in [5.74, 6) is 0. The molecule has 2 aromatic heterocycles. The number of hydrogen-bond acceptors (Lipinski definition) is 5.